The van der Waals surface area contributed by atoms with E-state index in [0.717, 1.165) is 17.7 Å². The Labute approximate surface area is 126 Å². The van der Waals surface area contributed by atoms with Gasteiger partial charge in [-0.3, -0.25) is 4.79 Å². The topological polar surface area (TPSA) is 55.1 Å². The Kier molecular flexibility index (Phi) is 5.52. The van der Waals surface area contributed by atoms with Crippen LogP contribution in [0.3, 0.4) is 0 Å². The van der Waals surface area contributed by atoms with Crippen molar-refractivity contribution >= 4 is 11.6 Å². The third-order valence-electron chi connectivity index (χ3n) is 3.46. The third-order valence-corrected chi connectivity index (χ3v) is 3.46. The number of unbranched alkanes of at least 4 members (excludes halogenated alkanes) is 1. The van der Waals surface area contributed by atoms with Gasteiger partial charge in [0, 0.05) is 17.8 Å². The van der Waals surface area contributed by atoms with Gasteiger partial charge in [0.25, 0.3) is 5.91 Å². The molecule has 0 saturated heterocycles. The fourth-order valence-corrected chi connectivity index (χ4v) is 2.18. The second-order valence-electron chi connectivity index (χ2n) is 5.16. The van der Waals surface area contributed by atoms with E-state index in [0.29, 0.717) is 12.1 Å². The van der Waals surface area contributed by atoms with Crippen molar-refractivity contribution in [1.29, 1.82) is 0 Å². The van der Waals surface area contributed by atoms with Gasteiger partial charge < -0.3 is 11.1 Å². The lowest BCUT2D eigenvalue weighted by atomic mass is 10.1. The molecule has 0 aliphatic rings. The summed E-state index contributed by atoms with van der Waals surface area (Å²) in [6.07, 6.45) is 3.47. The first-order valence-corrected chi connectivity index (χ1v) is 7.42. The molecule has 0 unspecified atom stereocenters. The molecule has 0 heterocycles. The van der Waals surface area contributed by atoms with Gasteiger partial charge in [0.15, 0.2) is 0 Å². The van der Waals surface area contributed by atoms with Gasteiger partial charge in [0.2, 0.25) is 0 Å². The van der Waals surface area contributed by atoms with Crippen molar-refractivity contribution in [2.24, 2.45) is 5.73 Å². The van der Waals surface area contributed by atoms with E-state index in [4.69, 9.17) is 5.73 Å². The molecule has 0 aliphatic heterocycles. The molecule has 2 rings (SSSR count). The molecule has 0 radical (unpaired) electrons. The van der Waals surface area contributed by atoms with Gasteiger partial charge in [-0.1, -0.05) is 37.6 Å². The largest absolute Gasteiger partial charge is 0.326 e. The average Bonchev–Trinajstić information content (AvgIpc) is 2.54. The Morgan fingerprint density at radius 2 is 1.86 bits per heavy atom. The van der Waals surface area contributed by atoms with Gasteiger partial charge in [-0.05, 0) is 48.2 Å². The summed E-state index contributed by atoms with van der Waals surface area (Å²) >= 11 is 0. The summed E-state index contributed by atoms with van der Waals surface area (Å²) in [6, 6.07) is 15.4. The molecule has 0 spiro atoms. The van der Waals surface area contributed by atoms with Crippen LogP contribution < -0.4 is 11.1 Å². The minimum absolute atomic E-state index is 0.105. The number of aryl methyl sites for hydroxylation is 1. The molecular formula is C18H22N2O. The van der Waals surface area contributed by atoms with Crippen LogP contribution in [0.15, 0.2) is 48.5 Å². The standard InChI is InChI=1S/C18H22N2O/c1-2-3-5-14-8-10-17(11-9-14)20-18(21)16-7-4-6-15(12-16)13-19/h4,6-12H,2-3,5,13,19H2,1H3,(H,20,21). The molecule has 2 aromatic rings. The summed E-state index contributed by atoms with van der Waals surface area (Å²) in [5, 5.41) is 2.91. The Hall–Kier alpha value is -2.13. The second kappa shape index (κ2) is 7.60. The number of nitrogens with one attached hydrogen (secondary N) is 1. The smallest absolute Gasteiger partial charge is 0.255 e. The molecule has 1 amide bonds. The minimum Gasteiger partial charge on any atom is -0.326 e. The van der Waals surface area contributed by atoms with Gasteiger partial charge in [-0.25, -0.2) is 0 Å². The second-order valence-corrected chi connectivity index (χ2v) is 5.16. The molecule has 0 bridgehead atoms. The van der Waals surface area contributed by atoms with Gasteiger partial charge >= 0.3 is 0 Å². The van der Waals surface area contributed by atoms with E-state index >= 15 is 0 Å². The Morgan fingerprint density at radius 1 is 1.10 bits per heavy atom. The number of nitrogens with two attached hydrogens (primary N) is 1. The minimum atomic E-state index is -0.105. The van der Waals surface area contributed by atoms with E-state index in [-0.39, 0.29) is 5.91 Å². The highest BCUT2D eigenvalue weighted by Gasteiger charge is 2.06. The molecule has 0 atom stereocenters. The average molecular weight is 282 g/mol. The van der Waals surface area contributed by atoms with E-state index in [2.05, 4.69) is 24.4 Å². The van der Waals surface area contributed by atoms with Crippen LogP contribution in [-0.2, 0) is 13.0 Å². The maximum atomic E-state index is 12.2. The monoisotopic (exact) mass is 282 g/mol. The van der Waals surface area contributed by atoms with Gasteiger partial charge in [0.05, 0.1) is 0 Å². The van der Waals surface area contributed by atoms with Crippen LogP contribution in [0.25, 0.3) is 0 Å². The van der Waals surface area contributed by atoms with Crippen LogP contribution >= 0.6 is 0 Å². The lowest BCUT2D eigenvalue weighted by Crippen LogP contribution is -2.12. The SMILES string of the molecule is CCCCc1ccc(NC(=O)c2cccc(CN)c2)cc1. The number of carbonyl (C=O) groups excluding carboxylic acids is 1. The summed E-state index contributed by atoms with van der Waals surface area (Å²) in [5.41, 5.74) is 9.31. The van der Waals surface area contributed by atoms with Crippen molar-refractivity contribution in [1.82, 2.24) is 0 Å². The highest BCUT2D eigenvalue weighted by molar-refractivity contribution is 6.04. The van der Waals surface area contributed by atoms with E-state index in [1.54, 1.807) is 6.07 Å². The zero-order valence-electron chi connectivity index (χ0n) is 12.4. The first kappa shape index (κ1) is 15.3. The van der Waals surface area contributed by atoms with Gasteiger partial charge in [-0.2, -0.15) is 0 Å². The molecule has 0 aromatic heterocycles. The molecule has 110 valence electrons. The van der Waals surface area contributed by atoms with Crippen molar-refractivity contribution in [3.05, 3.63) is 65.2 Å². The van der Waals surface area contributed by atoms with Crippen molar-refractivity contribution in [3.8, 4) is 0 Å². The molecule has 0 fully saturated rings. The van der Waals surface area contributed by atoms with E-state index in [1.807, 2.05) is 30.3 Å². The Morgan fingerprint density at radius 3 is 2.52 bits per heavy atom. The van der Waals surface area contributed by atoms with Gasteiger partial charge in [0.1, 0.15) is 0 Å². The van der Waals surface area contributed by atoms with E-state index in [1.165, 1.54) is 18.4 Å². The summed E-state index contributed by atoms with van der Waals surface area (Å²) < 4.78 is 0. The quantitative estimate of drug-likeness (QED) is 0.848. The fourth-order valence-electron chi connectivity index (χ4n) is 2.18. The summed E-state index contributed by atoms with van der Waals surface area (Å²) in [7, 11) is 0. The normalized spacial score (nSPS) is 10.4. The summed E-state index contributed by atoms with van der Waals surface area (Å²) in [6.45, 7) is 2.62. The molecular weight excluding hydrogens is 260 g/mol. The predicted molar refractivity (Wildman–Crippen MR) is 87.3 cm³/mol. The predicted octanol–water partition coefficient (Wildman–Crippen LogP) is 3.74. The lowest BCUT2D eigenvalue weighted by Gasteiger charge is -2.07. The van der Waals surface area contributed by atoms with Crippen molar-refractivity contribution in [2.75, 3.05) is 5.32 Å². The van der Waals surface area contributed by atoms with E-state index in [9.17, 15) is 4.79 Å². The third kappa shape index (κ3) is 4.43. The van der Waals surface area contributed by atoms with Crippen molar-refractivity contribution in [2.45, 2.75) is 32.7 Å². The highest BCUT2D eigenvalue weighted by Crippen LogP contribution is 2.13. The number of hydrogen-bond donors (Lipinski definition) is 2. The first-order valence-electron chi connectivity index (χ1n) is 7.42. The molecule has 3 heteroatoms. The number of rotatable bonds is 6. The number of amides is 1. The number of benzene rings is 2. The molecule has 2 aromatic carbocycles. The van der Waals surface area contributed by atoms with Crippen LogP contribution in [0.4, 0.5) is 5.69 Å². The molecule has 3 nitrogen and oxygen atoms in total. The molecule has 3 N–H and O–H groups in total. The lowest BCUT2D eigenvalue weighted by molar-refractivity contribution is 0.102. The number of carbonyl (C=O) groups is 1. The Balaban J connectivity index is 2.01. The Bertz CT molecular complexity index is 590. The van der Waals surface area contributed by atoms with Crippen molar-refractivity contribution in [3.63, 3.8) is 0 Å². The van der Waals surface area contributed by atoms with Gasteiger partial charge in [-0.15, -0.1) is 0 Å². The molecule has 21 heavy (non-hydrogen) atoms. The van der Waals surface area contributed by atoms with Crippen LogP contribution in [0, 0.1) is 0 Å². The zero-order chi connectivity index (χ0) is 15.1. The van der Waals surface area contributed by atoms with Crippen LogP contribution in [0.1, 0.15) is 41.3 Å². The number of hydrogen-bond acceptors (Lipinski definition) is 2. The molecule has 0 saturated carbocycles. The van der Waals surface area contributed by atoms with Crippen LogP contribution in [0.2, 0.25) is 0 Å². The molecule has 0 aliphatic carbocycles. The highest BCUT2D eigenvalue weighted by atomic mass is 16.1. The van der Waals surface area contributed by atoms with E-state index < -0.39 is 0 Å². The first-order chi connectivity index (χ1) is 10.2. The van der Waals surface area contributed by atoms with Crippen LogP contribution in [0.5, 0.6) is 0 Å². The maximum absolute atomic E-state index is 12.2. The zero-order valence-corrected chi connectivity index (χ0v) is 12.4. The van der Waals surface area contributed by atoms with Crippen molar-refractivity contribution < 1.29 is 4.79 Å². The fraction of sp³-hybridized carbons (Fsp3) is 0.278. The summed E-state index contributed by atoms with van der Waals surface area (Å²) in [5.74, 6) is -0.105. The number of anilines is 1. The summed E-state index contributed by atoms with van der Waals surface area (Å²) in [4.78, 5) is 12.2. The maximum Gasteiger partial charge on any atom is 0.255 e. The van der Waals surface area contributed by atoms with Crippen LogP contribution in [-0.4, -0.2) is 5.91 Å².